The van der Waals surface area contributed by atoms with Crippen LogP contribution >= 0.6 is 0 Å². The molecule has 0 aromatic carbocycles. The quantitative estimate of drug-likeness (QED) is 0.736. The Morgan fingerprint density at radius 3 is 3.00 bits per heavy atom. The van der Waals surface area contributed by atoms with E-state index < -0.39 is 11.6 Å². The molecule has 0 radical (unpaired) electrons. The van der Waals surface area contributed by atoms with Crippen molar-refractivity contribution >= 4 is 11.9 Å². The summed E-state index contributed by atoms with van der Waals surface area (Å²) in [5, 5.41) is 10.2. The predicted molar refractivity (Wildman–Crippen MR) is 62.1 cm³/mol. The highest BCUT2D eigenvalue weighted by Gasteiger charge is 2.32. The lowest BCUT2D eigenvalue weighted by Crippen LogP contribution is -2.34. The average Bonchev–Trinajstić information content (AvgIpc) is 2.29. The fraction of sp³-hybridized carbons (Fsp3) is 0.385. The number of carbonyl (C=O) groups excluding carboxylic acids is 2. The summed E-state index contributed by atoms with van der Waals surface area (Å²) in [6.07, 6.45) is 6.31. The van der Waals surface area contributed by atoms with Gasteiger partial charge in [0.15, 0.2) is 0 Å². The van der Waals surface area contributed by atoms with E-state index in [0.29, 0.717) is 5.76 Å². The molecule has 18 heavy (non-hydrogen) atoms. The second-order valence-corrected chi connectivity index (χ2v) is 4.45. The third-order valence-corrected chi connectivity index (χ3v) is 2.74. The fourth-order valence-corrected chi connectivity index (χ4v) is 1.75. The summed E-state index contributed by atoms with van der Waals surface area (Å²) < 4.78 is 9.87. The number of esters is 2. The standard InChI is InChI=1S/C13H14O5/c1-8-5-10-3-4-13(16,7-17-9(2)14)6-11(10)18-12(8)15/h3-6,8,16H,7H2,1-2H3. The van der Waals surface area contributed by atoms with Gasteiger partial charge in [-0.25, -0.2) is 0 Å². The molecular formula is C13H14O5. The van der Waals surface area contributed by atoms with E-state index in [4.69, 9.17) is 9.47 Å². The van der Waals surface area contributed by atoms with E-state index in [1.165, 1.54) is 19.1 Å². The first-order valence-corrected chi connectivity index (χ1v) is 5.61. The Balaban J connectivity index is 2.21. The Morgan fingerprint density at radius 2 is 2.33 bits per heavy atom. The highest BCUT2D eigenvalue weighted by atomic mass is 16.5. The van der Waals surface area contributed by atoms with Crippen molar-refractivity contribution in [2.24, 2.45) is 5.92 Å². The SMILES string of the molecule is CC(=O)OCC1(O)C=CC2=CC(C)C(=O)OC2=C1. The molecule has 0 spiro atoms. The van der Waals surface area contributed by atoms with Crippen LogP contribution in [-0.2, 0) is 19.1 Å². The summed E-state index contributed by atoms with van der Waals surface area (Å²) in [5.74, 6) is -0.849. The number of hydrogen-bond donors (Lipinski definition) is 1. The molecule has 0 aromatic rings. The highest BCUT2D eigenvalue weighted by Crippen LogP contribution is 2.30. The second kappa shape index (κ2) is 4.42. The van der Waals surface area contributed by atoms with Crippen LogP contribution in [0.25, 0.3) is 0 Å². The fourth-order valence-electron chi connectivity index (χ4n) is 1.75. The zero-order chi connectivity index (χ0) is 13.3. The molecule has 1 aliphatic heterocycles. The Kier molecular flexibility index (Phi) is 3.09. The van der Waals surface area contributed by atoms with Crippen LogP contribution in [0.3, 0.4) is 0 Å². The molecule has 5 heteroatoms. The van der Waals surface area contributed by atoms with Crippen molar-refractivity contribution in [3.8, 4) is 0 Å². The van der Waals surface area contributed by atoms with Crippen LogP contribution in [0.15, 0.2) is 35.6 Å². The van der Waals surface area contributed by atoms with Crippen LogP contribution in [0.1, 0.15) is 13.8 Å². The summed E-state index contributed by atoms with van der Waals surface area (Å²) in [4.78, 5) is 22.2. The van der Waals surface area contributed by atoms with Crippen LogP contribution in [0.5, 0.6) is 0 Å². The van der Waals surface area contributed by atoms with Crippen LogP contribution in [0.2, 0.25) is 0 Å². The normalized spacial score (nSPS) is 29.9. The molecule has 1 heterocycles. The van der Waals surface area contributed by atoms with Gasteiger partial charge in [0.2, 0.25) is 0 Å². The summed E-state index contributed by atoms with van der Waals surface area (Å²) in [6, 6.07) is 0. The van der Waals surface area contributed by atoms with Gasteiger partial charge in [0.05, 0.1) is 5.92 Å². The Hall–Kier alpha value is -1.88. The minimum absolute atomic E-state index is 0.206. The molecule has 2 atom stereocenters. The van der Waals surface area contributed by atoms with Gasteiger partial charge >= 0.3 is 11.9 Å². The smallest absolute Gasteiger partial charge is 0.317 e. The number of ether oxygens (including phenoxy) is 2. The van der Waals surface area contributed by atoms with Crippen LogP contribution in [0.4, 0.5) is 0 Å². The summed E-state index contributed by atoms with van der Waals surface area (Å²) in [7, 11) is 0. The zero-order valence-corrected chi connectivity index (χ0v) is 10.2. The Labute approximate surface area is 104 Å². The average molecular weight is 250 g/mol. The van der Waals surface area contributed by atoms with Crippen LogP contribution < -0.4 is 0 Å². The first kappa shape index (κ1) is 12.6. The first-order chi connectivity index (χ1) is 8.39. The van der Waals surface area contributed by atoms with Crippen molar-refractivity contribution in [1.82, 2.24) is 0 Å². The molecule has 1 N–H and O–H groups in total. The van der Waals surface area contributed by atoms with Gasteiger partial charge in [0, 0.05) is 12.5 Å². The lowest BCUT2D eigenvalue weighted by molar-refractivity contribution is -0.146. The molecular weight excluding hydrogens is 236 g/mol. The highest BCUT2D eigenvalue weighted by molar-refractivity contribution is 5.79. The molecule has 2 rings (SSSR count). The number of carbonyl (C=O) groups is 2. The molecule has 0 fully saturated rings. The van der Waals surface area contributed by atoms with Gasteiger partial charge in [-0.3, -0.25) is 9.59 Å². The number of allylic oxidation sites excluding steroid dienone is 1. The first-order valence-electron chi connectivity index (χ1n) is 5.61. The van der Waals surface area contributed by atoms with Crippen molar-refractivity contribution in [2.45, 2.75) is 19.4 Å². The topological polar surface area (TPSA) is 72.8 Å². The van der Waals surface area contributed by atoms with Crippen molar-refractivity contribution in [3.63, 3.8) is 0 Å². The van der Waals surface area contributed by atoms with Gasteiger partial charge in [-0.15, -0.1) is 0 Å². The molecule has 5 nitrogen and oxygen atoms in total. The molecule has 0 bridgehead atoms. The summed E-state index contributed by atoms with van der Waals surface area (Å²) >= 11 is 0. The van der Waals surface area contributed by atoms with E-state index >= 15 is 0 Å². The maximum atomic E-state index is 11.4. The molecule has 2 aliphatic rings. The van der Waals surface area contributed by atoms with Gasteiger partial charge in [0.1, 0.15) is 18.0 Å². The van der Waals surface area contributed by atoms with Crippen molar-refractivity contribution in [3.05, 3.63) is 35.6 Å². The third kappa shape index (κ3) is 2.51. The minimum Gasteiger partial charge on any atom is -0.462 e. The lowest BCUT2D eigenvalue weighted by atomic mass is 9.91. The van der Waals surface area contributed by atoms with Gasteiger partial charge < -0.3 is 14.6 Å². The van der Waals surface area contributed by atoms with E-state index in [0.717, 1.165) is 5.57 Å². The van der Waals surface area contributed by atoms with Gasteiger partial charge in [-0.1, -0.05) is 12.2 Å². The number of fused-ring (bicyclic) bond motifs is 1. The van der Waals surface area contributed by atoms with Gasteiger partial charge in [-0.05, 0) is 19.1 Å². The predicted octanol–water partition coefficient (Wildman–Crippen LogP) is 0.854. The molecule has 96 valence electrons. The van der Waals surface area contributed by atoms with Gasteiger partial charge in [-0.2, -0.15) is 0 Å². The van der Waals surface area contributed by atoms with E-state index in [9.17, 15) is 14.7 Å². The Morgan fingerprint density at radius 1 is 1.61 bits per heavy atom. The van der Waals surface area contributed by atoms with E-state index in [1.807, 2.05) is 0 Å². The zero-order valence-electron chi connectivity index (χ0n) is 10.2. The van der Waals surface area contributed by atoms with Gasteiger partial charge in [0.25, 0.3) is 0 Å². The van der Waals surface area contributed by atoms with Crippen LogP contribution in [0, 0.1) is 5.92 Å². The summed E-state index contributed by atoms with van der Waals surface area (Å²) in [5.41, 5.74) is -0.686. The molecule has 1 aliphatic carbocycles. The lowest BCUT2D eigenvalue weighted by Gasteiger charge is -2.28. The maximum absolute atomic E-state index is 11.4. The van der Waals surface area contributed by atoms with Crippen LogP contribution in [-0.4, -0.2) is 29.3 Å². The van der Waals surface area contributed by atoms with E-state index in [-0.39, 0.29) is 18.5 Å². The third-order valence-electron chi connectivity index (χ3n) is 2.74. The van der Waals surface area contributed by atoms with Crippen molar-refractivity contribution in [1.29, 1.82) is 0 Å². The van der Waals surface area contributed by atoms with E-state index in [2.05, 4.69) is 0 Å². The minimum atomic E-state index is -1.43. The largest absolute Gasteiger partial charge is 0.462 e. The van der Waals surface area contributed by atoms with E-state index in [1.54, 1.807) is 19.1 Å². The van der Waals surface area contributed by atoms with Crippen molar-refractivity contribution < 1.29 is 24.2 Å². The second-order valence-electron chi connectivity index (χ2n) is 4.45. The maximum Gasteiger partial charge on any atom is 0.317 e. The monoisotopic (exact) mass is 250 g/mol. The molecule has 0 saturated heterocycles. The Bertz CT molecular complexity index is 486. The van der Waals surface area contributed by atoms with Crippen molar-refractivity contribution in [2.75, 3.05) is 6.61 Å². The number of rotatable bonds is 2. The molecule has 0 amide bonds. The molecule has 2 unspecified atom stereocenters. The summed E-state index contributed by atoms with van der Waals surface area (Å²) in [6.45, 7) is 2.79. The molecule has 0 aromatic heterocycles. The molecule has 0 saturated carbocycles. The number of aliphatic hydroxyl groups is 1. The number of hydrogen-bond acceptors (Lipinski definition) is 5.